The molecule has 0 unspecified atom stereocenters. The average Bonchev–Trinajstić information content (AvgIpc) is 2.94. The summed E-state index contributed by atoms with van der Waals surface area (Å²) in [5.74, 6) is -1.46. The Labute approximate surface area is 152 Å². The van der Waals surface area contributed by atoms with Gasteiger partial charge in [0.1, 0.15) is 18.3 Å². The monoisotopic (exact) mass is 382 g/mol. The van der Waals surface area contributed by atoms with Gasteiger partial charge in [-0.3, -0.25) is 9.79 Å². The van der Waals surface area contributed by atoms with E-state index in [0.29, 0.717) is 0 Å². The van der Waals surface area contributed by atoms with Gasteiger partial charge in [0.15, 0.2) is 22.9 Å². The van der Waals surface area contributed by atoms with E-state index < -0.39 is 35.7 Å². The number of hydrogen-bond donors (Lipinski definition) is 2. The Kier molecular flexibility index (Phi) is 4.92. The molecule has 2 heterocycles. The molecule has 1 aromatic heterocycles. The van der Waals surface area contributed by atoms with Crippen LogP contribution in [0.4, 0.5) is 19.1 Å². The van der Waals surface area contributed by atoms with Gasteiger partial charge in [-0.25, -0.2) is 18.2 Å². The molecule has 144 valence electrons. The van der Waals surface area contributed by atoms with E-state index in [4.69, 9.17) is 20.6 Å². The lowest BCUT2D eigenvalue weighted by atomic mass is 9.88. The predicted molar refractivity (Wildman–Crippen MR) is 90.2 cm³/mol. The number of Topliss-reactive ketones (excluding diaryl/α,β-unsaturated/α-hetero) is 1. The summed E-state index contributed by atoms with van der Waals surface area (Å²) in [6.07, 6.45) is -3.30. The Hall–Kier alpha value is -2.88. The number of ether oxygens (including phenoxy) is 1. The van der Waals surface area contributed by atoms with Crippen molar-refractivity contribution in [1.29, 1.82) is 0 Å². The molecule has 1 atom stereocenters. The number of hydrogen-bond acceptors (Lipinski definition) is 7. The number of anilines is 1. The van der Waals surface area contributed by atoms with Crippen LogP contribution in [0.3, 0.4) is 0 Å². The highest BCUT2D eigenvalue weighted by molar-refractivity contribution is 5.99. The second kappa shape index (κ2) is 7.03. The molecule has 0 fully saturated rings. The molecular weight excluding hydrogens is 365 g/mol. The average molecular weight is 382 g/mol. The fraction of sp³-hybridized carbons (Fsp3) is 0.353. The van der Waals surface area contributed by atoms with Crippen molar-refractivity contribution in [3.63, 3.8) is 0 Å². The van der Waals surface area contributed by atoms with Gasteiger partial charge in [0.25, 0.3) is 6.43 Å². The molecule has 0 amide bonds. The van der Waals surface area contributed by atoms with Crippen molar-refractivity contribution >= 4 is 17.5 Å². The molecule has 27 heavy (non-hydrogen) atoms. The number of nitrogen functional groups attached to an aromatic ring is 1. The fourth-order valence-electron chi connectivity index (χ4n) is 2.93. The molecule has 1 aliphatic heterocycles. The molecule has 10 heteroatoms. The van der Waals surface area contributed by atoms with Gasteiger partial charge < -0.3 is 20.6 Å². The molecular formula is C17H17F3N4O3. The number of nitrogens with zero attached hydrogens (tertiary/aromatic N) is 2. The van der Waals surface area contributed by atoms with Crippen LogP contribution in [0, 0.1) is 12.7 Å². The van der Waals surface area contributed by atoms with E-state index in [1.165, 1.54) is 13.0 Å². The van der Waals surface area contributed by atoms with Gasteiger partial charge in [0.2, 0.25) is 5.88 Å². The molecule has 0 spiro atoms. The largest absolute Gasteiger partial charge is 0.425 e. The minimum atomic E-state index is -3.06. The van der Waals surface area contributed by atoms with E-state index in [-0.39, 0.29) is 41.9 Å². The maximum atomic E-state index is 14.4. The zero-order valence-corrected chi connectivity index (χ0v) is 14.3. The van der Waals surface area contributed by atoms with E-state index in [2.05, 4.69) is 9.98 Å². The van der Waals surface area contributed by atoms with Crippen LogP contribution in [-0.4, -0.2) is 36.2 Å². The summed E-state index contributed by atoms with van der Waals surface area (Å²) in [7, 11) is 0. The number of aromatic nitrogens is 1. The number of oxazole rings is 1. The van der Waals surface area contributed by atoms with Crippen molar-refractivity contribution in [3.05, 3.63) is 46.7 Å². The van der Waals surface area contributed by atoms with Gasteiger partial charge >= 0.3 is 0 Å². The number of rotatable bonds is 5. The third kappa shape index (κ3) is 3.52. The third-order valence-corrected chi connectivity index (χ3v) is 4.16. The van der Waals surface area contributed by atoms with E-state index in [9.17, 15) is 18.0 Å². The first-order valence-electron chi connectivity index (χ1n) is 7.98. The summed E-state index contributed by atoms with van der Waals surface area (Å²) in [6, 6.07) is 3.48. The quantitative estimate of drug-likeness (QED) is 0.764. The topological polar surface area (TPSA) is 117 Å². The molecule has 0 aliphatic carbocycles. The molecule has 1 aliphatic rings. The second-order valence-electron chi connectivity index (χ2n) is 6.18. The Morgan fingerprint density at radius 1 is 1.37 bits per heavy atom. The highest BCUT2D eigenvalue weighted by atomic mass is 19.3. The number of carbonyl (C=O) groups excluding carboxylic acids is 1. The number of benzene rings is 1. The smallest absolute Gasteiger partial charge is 0.269 e. The molecule has 0 radical (unpaired) electrons. The molecule has 7 nitrogen and oxygen atoms in total. The molecule has 2 aromatic rings. The lowest BCUT2D eigenvalue weighted by Gasteiger charge is -2.33. The van der Waals surface area contributed by atoms with Crippen LogP contribution in [0.15, 0.2) is 27.6 Å². The number of halogens is 3. The number of ketones is 1. The standard InChI is InChI=1S/C17H17F3N4O3/c1-8-23-14(15(22)27-8)12(25)5-9-2-3-11(18)10(4-9)17(16(19)20)7-26-6-13(21)24-17/h2-4,16H,5-7,22H2,1H3,(H2,21,24)/t17-/m0/s1. The minimum Gasteiger partial charge on any atom is -0.425 e. The Morgan fingerprint density at radius 3 is 2.70 bits per heavy atom. The number of aryl methyl sites for hydroxylation is 1. The first-order chi connectivity index (χ1) is 12.7. The SMILES string of the molecule is Cc1nc(C(=O)Cc2ccc(F)c([C@]3(C(F)F)COCC(N)=N3)c2)c(N)o1. The molecule has 0 saturated heterocycles. The van der Waals surface area contributed by atoms with Crippen LogP contribution in [0.25, 0.3) is 0 Å². The highest BCUT2D eigenvalue weighted by Crippen LogP contribution is 2.37. The van der Waals surface area contributed by atoms with Crippen molar-refractivity contribution in [3.8, 4) is 0 Å². The van der Waals surface area contributed by atoms with Crippen LogP contribution in [0.5, 0.6) is 0 Å². The molecule has 4 N–H and O–H groups in total. The van der Waals surface area contributed by atoms with Crippen molar-refractivity contribution < 1.29 is 27.1 Å². The van der Waals surface area contributed by atoms with Crippen LogP contribution in [0.2, 0.25) is 0 Å². The number of aliphatic imine (C=N–C) groups is 1. The van der Waals surface area contributed by atoms with Crippen molar-refractivity contribution in [2.24, 2.45) is 10.7 Å². The zero-order valence-electron chi connectivity index (χ0n) is 14.3. The Morgan fingerprint density at radius 2 is 2.11 bits per heavy atom. The Bertz CT molecular complexity index is 913. The number of carbonyl (C=O) groups is 1. The van der Waals surface area contributed by atoms with Gasteiger partial charge in [-0.2, -0.15) is 0 Å². The number of amidine groups is 1. The predicted octanol–water partition coefficient (Wildman–Crippen LogP) is 1.98. The zero-order chi connectivity index (χ0) is 19.8. The number of nitrogens with two attached hydrogens (primary N) is 2. The van der Waals surface area contributed by atoms with E-state index in [1.54, 1.807) is 0 Å². The summed E-state index contributed by atoms with van der Waals surface area (Å²) in [5.41, 5.74) is 8.68. The lowest BCUT2D eigenvalue weighted by Crippen LogP contribution is -2.45. The Balaban J connectivity index is 1.98. The summed E-state index contributed by atoms with van der Waals surface area (Å²) >= 11 is 0. The van der Waals surface area contributed by atoms with Gasteiger partial charge in [0.05, 0.1) is 6.61 Å². The lowest BCUT2D eigenvalue weighted by molar-refractivity contribution is -0.0146. The number of alkyl halides is 2. The van der Waals surface area contributed by atoms with Gasteiger partial charge in [-0.05, 0) is 17.7 Å². The molecule has 3 rings (SSSR count). The first-order valence-corrected chi connectivity index (χ1v) is 7.98. The van der Waals surface area contributed by atoms with Gasteiger partial charge in [-0.1, -0.05) is 6.07 Å². The van der Waals surface area contributed by atoms with E-state index >= 15 is 0 Å². The molecule has 0 saturated carbocycles. The van der Waals surface area contributed by atoms with Crippen molar-refractivity contribution in [2.75, 3.05) is 18.9 Å². The van der Waals surface area contributed by atoms with Crippen molar-refractivity contribution in [1.82, 2.24) is 4.98 Å². The normalized spacial score (nSPS) is 20.0. The van der Waals surface area contributed by atoms with Gasteiger partial charge in [0, 0.05) is 18.9 Å². The minimum absolute atomic E-state index is 0.0646. The summed E-state index contributed by atoms with van der Waals surface area (Å²) in [5, 5.41) is 0. The summed E-state index contributed by atoms with van der Waals surface area (Å²) in [6.45, 7) is 0.884. The third-order valence-electron chi connectivity index (χ3n) is 4.16. The maximum absolute atomic E-state index is 14.4. The van der Waals surface area contributed by atoms with Gasteiger partial charge in [-0.15, -0.1) is 0 Å². The van der Waals surface area contributed by atoms with E-state index in [0.717, 1.165) is 12.1 Å². The highest BCUT2D eigenvalue weighted by Gasteiger charge is 2.46. The molecule has 0 bridgehead atoms. The van der Waals surface area contributed by atoms with Crippen LogP contribution < -0.4 is 11.5 Å². The summed E-state index contributed by atoms with van der Waals surface area (Å²) in [4.78, 5) is 20.1. The summed E-state index contributed by atoms with van der Waals surface area (Å²) < 4.78 is 52.1. The molecule has 1 aromatic carbocycles. The van der Waals surface area contributed by atoms with Crippen LogP contribution in [0.1, 0.15) is 27.5 Å². The second-order valence-corrected chi connectivity index (χ2v) is 6.18. The maximum Gasteiger partial charge on any atom is 0.269 e. The van der Waals surface area contributed by atoms with Crippen LogP contribution in [-0.2, 0) is 16.7 Å². The van der Waals surface area contributed by atoms with E-state index in [1.807, 2.05) is 0 Å². The van der Waals surface area contributed by atoms with Crippen LogP contribution >= 0.6 is 0 Å². The first kappa shape index (κ1) is 18.9. The fourth-order valence-corrected chi connectivity index (χ4v) is 2.93. The van der Waals surface area contributed by atoms with Crippen molar-refractivity contribution in [2.45, 2.75) is 25.3 Å².